The Morgan fingerprint density at radius 3 is 2.85 bits per heavy atom. The summed E-state index contributed by atoms with van der Waals surface area (Å²) in [4.78, 5) is 25.9. The lowest BCUT2D eigenvalue weighted by Gasteiger charge is -2.12. The smallest absolute Gasteiger partial charge is 0.313 e. The minimum atomic E-state index is -0.954. The van der Waals surface area contributed by atoms with Gasteiger partial charge in [0.1, 0.15) is 0 Å². The molecule has 5 nitrogen and oxygen atoms in total. The number of rotatable bonds is 4. The highest BCUT2D eigenvalue weighted by Crippen LogP contribution is 2.22. The van der Waals surface area contributed by atoms with Crippen molar-refractivity contribution in [3.63, 3.8) is 0 Å². The number of hydrogen-bond acceptors (Lipinski definition) is 4. The summed E-state index contributed by atoms with van der Waals surface area (Å²) in [7, 11) is 0. The van der Waals surface area contributed by atoms with E-state index in [-0.39, 0.29) is 11.3 Å². The summed E-state index contributed by atoms with van der Waals surface area (Å²) < 4.78 is 2.60. The quantitative estimate of drug-likeness (QED) is 0.674. The highest BCUT2D eigenvalue weighted by Gasteiger charge is 2.09. The van der Waals surface area contributed by atoms with Gasteiger partial charge in [-0.2, -0.15) is 4.98 Å². The highest BCUT2D eigenvalue weighted by molar-refractivity contribution is 9.10. The van der Waals surface area contributed by atoms with Crippen molar-refractivity contribution in [2.45, 2.75) is 12.1 Å². The third kappa shape index (κ3) is 3.71. The Balaban J connectivity index is 2.49. The van der Waals surface area contributed by atoms with Gasteiger partial charge in [-0.05, 0) is 30.7 Å². The van der Waals surface area contributed by atoms with Gasteiger partial charge >= 0.3 is 5.97 Å². The zero-order chi connectivity index (χ0) is 14.7. The molecule has 0 aliphatic carbocycles. The van der Waals surface area contributed by atoms with Crippen LogP contribution in [0.1, 0.15) is 5.56 Å². The van der Waals surface area contributed by atoms with Crippen LogP contribution in [-0.4, -0.2) is 26.4 Å². The second kappa shape index (κ2) is 6.23. The number of aromatic nitrogens is 2. The SMILES string of the molecule is Cc1cc(Br)cc(-n2ccc(=O)nc2SCC(=O)O)c1. The molecule has 2 rings (SSSR count). The molecule has 0 saturated heterocycles. The van der Waals surface area contributed by atoms with E-state index in [1.807, 2.05) is 25.1 Å². The molecule has 0 fully saturated rings. The fraction of sp³-hybridized carbons (Fsp3) is 0.154. The number of thioether (sulfide) groups is 1. The lowest BCUT2D eigenvalue weighted by atomic mass is 10.2. The molecule has 1 aromatic heterocycles. The lowest BCUT2D eigenvalue weighted by molar-refractivity contribution is -0.133. The molecule has 0 saturated carbocycles. The molecule has 0 amide bonds. The normalized spacial score (nSPS) is 10.5. The molecular weight excluding hydrogens is 344 g/mol. The summed E-state index contributed by atoms with van der Waals surface area (Å²) in [5.74, 6) is -1.10. The van der Waals surface area contributed by atoms with E-state index in [2.05, 4.69) is 20.9 Å². The molecule has 1 N–H and O–H groups in total. The molecule has 0 bridgehead atoms. The third-order valence-corrected chi connectivity index (χ3v) is 3.80. The molecule has 0 aliphatic heterocycles. The van der Waals surface area contributed by atoms with Crippen LogP contribution >= 0.6 is 27.7 Å². The van der Waals surface area contributed by atoms with Crippen molar-refractivity contribution in [2.75, 3.05) is 5.75 Å². The Kier molecular flexibility index (Phi) is 4.61. The number of halogens is 1. The largest absolute Gasteiger partial charge is 0.481 e. The summed E-state index contributed by atoms with van der Waals surface area (Å²) in [6.07, 6.45) is 1.60. The molecule has 104 valence electrons. The van der Waals surface area contributed by atoms with Gasteiger partial charge in [0.2, 0.25) is 0 Å². The first-order valence-electron chi connectivity index (χ1n) is 5.67. The zero-order valence-electron chi connectivity index (χ0n) is 10.5. The first-order valence-corrected chi connectivity index (χ1v) is 7.45. The van der Waals surface area contributed by atoms with Crippen LogP contribution < -0.4 is 5.56 Å². The second-order valence-corrected chi connectivity index (χ2v) is 5.95. The highest BCUT2D eigenvalue weighted by atomic mass is 79.9. The van der Waals surface area contributed by atoms with Gasteiger partial charge in [0.05, 0.1) is 5.75 Å². The van der Waals surface area contributed by atoms with Crippen LogP contribution in [0, 0.1) is 6.92 Å². The molecule has 1 heterocycles. The van der Waals surface area contributed by atoms with E-state index in [1.165, 1.54) is 6.07 Å². The van der Waals surface area contributed by atoms with Gasteiger partial charge in [-0.3, -0.25) is 14.2 Å². The van der Waals surface area contributed by atoms with Gasteiger partial charge in [-0.1, -0.05) is 27.7 Å². The first-order chi connectivity index (χ1) is 9.45. The van der Waals surface area contributed by atoms with Crippen LogP contribution in [0.15, 0.2) is 44.9 Å². The van der Waals surface area contributed by atoms with Crippen LogP contribution in [0.5, 0.6) is 0 Å². The van der Waals surface area contributed by atoms with Gasteiger partial charge in [-0.15, -0.1) is 0 Å². The first kappa shape index (κ1) is 14.8. The Labute approximate surface area is 127 Å². The molecule has 0 aliphatic rings. The van der Waals surface area contributed by atoms with Gasteiger partial charge in [-0.25, -0.2) is 0 Å². The molecule has 0 atom stereocenters. The Morgan fingerprint density at radius 1 is 1.45 bits per heavy atom. The molecule has 0 spiro atoms. The summed E-state index contributed by atoms with van der Waals surface area (Å²) in [5.41, 5.74) is 1.47. The minimum absolute atomic E-state index is 0.149. The van der Waals surface area contributed by atoms with E-state index in [0.29, 0.717) is 5.16 Å². The van der Waals surface area contributed by atoms with Crippen LogP contribution in [0.4, 0.5) is 0 Å². The third-order valence-electron chi connectivity index (χ3n) is 2.41. The van der Waals surface area contributed by atoms with E-state index in [9.17, 15) is 9.59 Å². The average molecular weight is 355 g/mol. The van der Waals surface area contributed by atoms with Gasteiger partial charge in [0.25, 0.3) is 5.56 Å². The Hall–Kier alpha value is -1.60. The molecule has 2 aromatic rings. The monoisotopic (exact) mass is 354 g/mol. The number of hydrogen-bond donors (Lipinski definition) is 1. The summed E-state index contributed by atoms with van der Waals surface area (Å²) in [6, 6.07) is 7.12. The van der Waals surface area contributed by atoms with Crippen molar-refractivity contribution >= 4 is 33.7 Å². The van der Waals surface area contributed by atoms with E-state index >= 15 is 0 Å². The number of benzene rings is 1. The lowest BCUT2D eigenvalue weighted by Crippen LogP contribution is -2.13. The fourth-order valence-corrected chi connectivity index (χ4v) is 2.98. The topological polar surface area (TPSA) is 72.2 Å². The summed E-state index contributed by atoms with van der Waals surface area (Å²) in [5, 5.41) is 9.11. The number of carboxylic acids is 1. The van der Waals surface area contributed by atoms with E-state index < -0.39 is 5.97 Å². The second-order valence-electron chi connectivity index (χ2n) is 4.09. The fourth-order valence-electron chi connectivity index (χ4n) is 1.67. The van der Waals surface area contributed by atoms with E-state index in [0.717, 1.165) is 27.5 Å². The number of aliphatic carboxylic acids is 1. The van der Waals surface area contributed by atoms with E-state index in [4.69, 9.17) is 5.11 Å². The molecule has 0 radical (unpaired) electrons. The molecule has 0 unspecified atom stereocenters. The maximum atomic E-state index is 11.4. The van der Waals surface area contributed by atoms with E-state index in [1.54, 1.807) is 10.8 Å². The van der Waals surface area contributed by atoms with Crippen LogP contribution in [-0.2, 0) is 4.79 Å². The Morgan fingerprint density at radius 2 is 2.20 bits per heavy atom. The van der Waals surface area contributed by atoms with Gasteiger partial charge in [0, 0.05) is 22.4 Å². The molecule has 1 aromatic carbocycles. The number of carbonyl (C=O) groups is 1. The predicted octanol–water partition coefficient (Wildman–Crippen LogP) is 2.48. The van der Waals surface area contributed by atoms with Crippen molar-refractivity contribution in [1.82, 2.24) is 9.55 Å². The average Bonchev–Trinajstić information content (AvgIpc) is 2.35. The van der Waals surface area contributed by atoms with Crippen LogP contribution in [0.3, 0.4) is 0 Å². The maximum absolute atomic E-state index is 11.4. The molecular formula is C13H11BrN2O3S. The van der Waals surface area contributed by atoms with Gasteiger partial charge in [0.15, 0.2) is 5.16 Å². The number of carboxylic acid groups (broad SMARTS) is 1. The van der Waals surface area contributed by atoms with Crippen molar-refractivity contribution in [3.8, 4) is 5.69 Å². The maximum Gasteiger partial charge on any atom is 0.313 e. The van der Waals surface area contributed by atoms with Gasteiger partial charge < -0.3 is 5.11 Å². The Bertz CT molecular complexity index is 695. The van der Waals surface area contributed by atoms with Crippen molar-refractivity contribution in [1.29, 1.82) is 0 Å². The van der Waals surface area contributed by atoms with Crippen LogP contribution in [0.2, 0.25) is 0 Å². The number of aryl methyl sites for hydroxylation is 1. The van der Waals surface area contributed by atoms with Crippen molar-refractivity contribution in [2.24, 2.45) is 0 Å². The summed E-state index contributed by atoms with van der Waals surface area (Å²) >= 11 is 4.43. The molecule has 7 heteroatoms. The summed E-state index contributed by atoms with van der Waals surface area (Å²) in [6.45, 7) is 1.95. The minimum Gasteiger partial charge on any atom is -0.481 e. The van der Waals surface area contributed by atoms with Crippen molar-refractivity contribution < 1.29 is 9.90 Å². The predicted molar refractivity (Wildman–Crippen MR) is 80.6 cm³/mol. The molecule has 20 heavy (non-hydrogen) atoms. The van der Waals surface area contributed by atoms with Crippen molar-refractivity contribution in [3.05, 3.63) is 50.9 Å². The van der Waals surface area contributed by atoms with Crippen LogP contribution in [0.25, 0.3) is 5.69 Å². The number of nitrogens with zero attached hydrogens (tertiary/aromatic N) is 2. The zero-order valence-corrected chi connectivity index (χ0v) is 12.9. The standard InChI is InChI=1S/C13H11BrN2O3S/c1-8-4-9(14)6-10(5-8)16-3-2-11(17)15-13(16)20-7-12(18)19/h2-6H,7H2,1H3,(H,18,19).